The van der Waals surface area contributed by atoms with E-state index in [1.54, 1.807) is 13.8 Å². The van der Waals surface area contributed by atoms with Gasteiger partial charge in [-0.25, -0.2) is 4.39 Å². The number of nitrogens with zero attached hydrogens (tertiary/aromatic N) is 2. The molecule has 1 amide bonds. The lowest BCUT2D eigenvalue weighted by Gasteiger charge is -2.33. The molecular weight excluding hydrogens is 301 g/mol. The highest BCUT2D eigenvalue weighted by Crippen LogP contribution is 2.40. The van der Waals surface area contributed by atoms with Gasteiger partial charge < -0.3 is 9.26 Å². The largest absolute Gasteiger partial charge is 0.482 e. The van der Waals surface area contributed by atoms with Gasteiger partial charge in [-0.2, -0.15) is 8.78 Å². The van der Waals surface area contributed by atoms with Crippen LogP contribution in [0.4, 0.5) is 18.9 Å². The van der Waals surface area contributed by atoms with Crippen molar-refractivity contribution in [3.63, 3.8) is 0 Å². The molecule has 22 heavy (non-hydrogen) atoms. The number of aromatic nitrogens is 1. The first kappa shape index (κ1) is 14.4. The van der Waals surface area contributed by atoms with Crippen LogP contribution in [-0.2, 0) is 11.3 Å². The van der Waals surface area contributed by atoms with E-state index in [-0.39, 0.29) is 18.0 Å². The first-order valence-corrected chi connectivity index (χ1v) is 6.39. The average molecular weight is 312 g/mol. The van der Waals surface area contributed by atoms with E-state index in [2.05, 4.69) is 9.89 Å². The lowest BCUT2D eigenvalue weighted by Crippen LogP contribution is -2.50. The first-order valence-electron chi connectivity index (χ1n) is 6.39. The summed E-state index contributed by atoms with van der Waals surface area (Å²) >= 11 is 0. The number of carbonyl (C=O) groups excluding carboxylic acids is 1. The monoisotopic (exact) mass is 312 g/mol. The molecule has 2 heterocycles. The van der Waals surface area contributed by atoms with Crippen LogP contribution >= 0.6 is 0 Å². The van der Waals surface area contributed by atoms with Gasteiger partial charge in [0.1, 0.15) is 11.6 Å². The van der Waals surface area contributed by atoms with E-state index in [9.17, 15) is 18.0 Å². The third-order valence-corrected chi connectivity index (χ3v) is 3.44. The van der Waals surface area contributed by atoms with Gasteiger partial charge in [-0.3, -0.25) is 9.69 Å². The fourth-order valence-electron chi connectivity index (χ4n) is 2.28. The molecule has 0 saturated carbocycles. The summed E-state index contributed by atoms with van der Waals surface area (Å²) in [6, 6.07) is 3.02. The van der Waals surface area contributed by atoms with Crippen molar-refractivity contribution in [1.29, 1.82) is 0 Å². The molecule has 2 aromatic rings. The van der Waals surface area contributed by atoms with Gasteiger partial charge in [0.05, 0.1) is 17.9 Å². The molecule has 116 valence electrons. The average Bonchev–Trinajstić information content (AvgIpc) is 2.76. The minimum atomic E-state index is -4.01. The molecule has 3 rings (SSSR count). The number of amides is 1. The van der Waals surface area contributed by atoms with Gasteiger partial charge in [-0.1, -0.05) is 5.16 Å². The van der Waals surface area contributed by atoms with Crippen LogP contribution < -0.4 is 9.64 Å². The Morgan fingerprint density at radius 1 is 1.32 bits per heavy atom. The molecule has 1 aromatic carbocycles. The molecule has 0 spiro atoms. The van der Waals surface area contributed by atoms with Gasteiger partial charge in [0.2, 0.25) is 0 Å². The Kier molecular flexibility index (Phi) is 3.12. The number of ether oxygens (including phenoxy) is 1. The highest BCUT2D eigenvalue weighted by atomic mass is 19.3. The molecule has 0 fully saturated rings. The van der Waals surface area contributed by atoms with Crippen LogP contribution in [0.1, 0.15) is 17.0 Å². The maximum absolute atomic E-state index is 13.7. The molecule has 0 atom stereocenters. The third-order valence-electron chi connectivity index (χ3n) is 3.44. The van der Waals surface area contributed by atoms with Crippen molar-refractivity contribution in [3.8, 4) is 5.75 Å². The summed E-state index contributed by atoms with van der Waals surface area (Å²) in [6.07, 6.45) is -4.01. The van der Waals surface area contributed by atoms with Crippen molar-refractivity contribution < 1.29 is 27.2 Å². The number of anilines is 1. The Labute approximate surface area is 123 Å². The summed E-state index contributed by atoms with van der Waals surface area (Å²) < 4.78 is 50.2. The Morgan fingerprint density at radius 3 is 2.68 bits per heavy atom. The maximum Gasteiger partial charge on any atom is 0.482 e. The first-order chi connectivity index (χ1) is 10.3. The van der Waals surface area contributed by atoms with E-state index in [4.69, 9.17) is 4.52 Å². The van der Waals surface area contributed by atoms with E-state index in [1.165, 1.54) is 0 Å². The molecular formula is C14H11F3N2O3. The van der Waals surface area contributed by atoms with E-state index in [0.717, 1.165) is 23.1 Å². The zero-order valence-electron chi connectivity index (χ0n) is 11.7. The number of alkyl halides is 2. The van der Waals surface area contributed by atoms with Crippen molar-refractivity contribution in [1.82, 2.24) is 5.16 Å². The normalized spacial score (nSPS) is 16.4. The van der Waals surface area contributed by atoms with E-state index in [1.807, 2.05) is 0 Å². The number of fused-ring (bicyclic) bond motifs is 1. The quantitative estimate of drug-likeness (QED) is 0.855. The Bertz CT molecular complexity index is 738. The molecule has 5 nitrogen and oxygen atoms in total. The van der Waals surface area contributed by atoms with Crippen LogP contribution in [0.3, 0.4) is 0 Å². The molecule has 1 aliphatic rings. The lowest BCUT2D eigenvalue weighted by molar-refractivity contribution is -0.193. The predicted molar refractivity (Wildman–Crippen MR) is 69.1 cm³/mol. The second-order valence-electron chi connectivity index (χ2n) is 4.92. The van der Waals surface area contributed by atoms with Crippen molar-refractivity contribution in [3.05, 3.63) is 41.0 Å². The number of rotatable bonds is 2. The van der Waals surface area contributed by atoms with Crippen LogP contribution in [0, 0.1) is 19.7 Å². The summed E-state index contributed by atoms with van der Waals surface area (Å²) in [5, 5.41) is 3.71. The number of hydrogen-bond donors (Lipinski definition) is 0. The van der Waals surface area contributed by atoms with Crippen LogP contribution in [-0.4, -0.2) is 17.2 Å². The summed E-state index contributed by atoms with van der Waals surface area (Å²) in [5.41, 5.74) is 0.898. The smallest absolute Gasteiger partial charge is 0.423 e. The van der Waals surface area contributed by atoms with Crippen molar-refractivity contribution in [2.75, 3.05) is 4.90 Å². The van der Waals surface area contributed by atoms with Gasteiger partial charge in [0.15, 0.2) is 5.75 Å². The highest BCUT2D eigenvalue weighted by molar-refractivity contribution is 6.00. The van der Waals surface area contributed by atoms with Crippen LogP contribution in [0.25, 0.3) is 0 Å². The Balaban J connectivity index is 2.09. The van der Waals surface area contributed by atoms with Crippen molar-refractivity contribution in [2.24, 2.45) is 0 Å². The molecule has 0 radical (unpaired) electrons. The zero-order chi connectivity index (χ0) is 16.1. The summed E-state index contributed by atoms with van der Waals surface area (Å²) in [7, 11) is 0. The number of halogens is 3. The Hall–Kier alpha value is -2.51. The lowest BCUT2D eigenvalue weighted by atomic mass is 10.1. The molecule has 0 bridgehead atoms. The molecule has 0 saturated heterocycles. The second-order valence-corrected chi connectivity index (χ2v) is 4.92. The van der Waals surface area contributed by atoms with Gasteiger partial charge >= 0.3 is 12.0 Å². The third kappa shape index (κ3) is 2.20. The predicted octanol–water partition coefficient (Wildman–Crippen LogP) is 2.95. The van der Waals surface area contributed by atoms with Gasteiger partial charge in [0, 0.05) is 11.6 Å². The number of hydrogen-bond acceptors (Lipinski definition) is 4. The molecule has 1 aromatic heterocycles. The maximum atomic E-state index is 13.7. The molecule has 1 aliphatic heterocycles. The highest BCUT2D eigenvalue weighted by Gasteiger charge is 2.50. The van der Waals surface area contributed by atoms with Gasteiger partial charge in [-0.05, 0) is 26.0 Å². The SMILES string of the molecule is Cc1noc(C)c1CN1C(=O)C(F)(F)Oc2ccc(F)cc21. The molecule has 0 N–H and O–H groups in total. The standard InChI is InChI=1S/C14H11F3N2O3/c1-7-10(8(2)22-18-7)6-19-11-5-9(15)3-4-12(11)21-14(16,17)13(19)20/h3-5H,6H2,1-2H3. The van der Waals surface area contributed by atoms with Crippen LogP contribution in [0.5, 0.6) is 5.75 Å². The zero-order valence-corrected chi connectivity index (χ0v) is 11.7. The summed E-state index contributed by atoms with van der Waals surface area (Å²) in [4.78, 5) is 12.7. The van der Waals surface area contributed by atoms with Gasteiger partial charge in [-0.15, -0.1) is 0 Å². The fraction of sp³-hybridized carbons (Fsp3) is 0.286. The minimum absolute atomic E-state index is 0.0593. The summed E-state index contributed by atoms with van der Waals surface area (Å²) in [6.45, 7) is 3.02. The van der Waals surface area contributed by atoms with Crippen LogP contribution in [0.2, 0.25) is 0 Å². The van der Waals surface area contributed by atoms with E-state index >= 15 is 0 Å². The molecule has 8 heteroatoms. The Morgan fingerprint density at radius 2 is 2.05 bits per heavy atom. The second kappa shape index (κ2) is 4.75. The number of benzene rings is 1. The minimum Gasteiger partial charge on any atom is -0.423 e. The molecule has 0 unspecified atom stereocenters. The molecule has 0 aliphatic carbocycles. The number of carbonyl (C=O) groups is 1. The van der Waals surface area contributed by atoms with Gasteiger partial charge in [0.25, 0.3) is 0 Å². The number of aryl methyl sites for hydroxylation is 2. The van der Waals surface area contributed by atoms with E-state index in [0.29, 0.717) is 17.0 Å². The van der Waals surface area contributed by atoms with Crippen molar-refractivity contribution >= 4 is 11.6 Å². The van der Waals surface area contributed by atoms with E-state index < -0.39 is 17.8 Å². The van der Waals surface area contributed by atoms with Crippen LogP contribution in [0.15, 0.2) is 22.7 Å². The topological polar surface area (TPSA) is 55.6 Å². The fourth-order valence-corrected chi connectivity index (χ4v) is 2.28. The summed E-state index contributed by atoms with van der Waals surface area (Å²) in [5.74, 6) is -2.09. The van der Waals surface area contributed by atoms with Crippen molar-refractivity contribution in [2.45, 2.75) is 26.5 Å².